The molecule has 0 saturated carbocycles. The standard InChI is InChI=1S/C10H20O2.C3H4N2/c1-3-5-7-9(10(11)12)8-6-4-2;1-2-5-3-4-1/h9H,3-8H2,1-2H3,(H,11,12);1-3H,(H,4,5). The van der Waals surface area contributed by atoms with Crippen molar-refractivity contribution in [2.45, 2.75) is 52.4 Å². The predicted molar refractivity (Wildman–Crippen MR) is 68.8 cm³/mol. The molecular weight excluding hydrogens is 216 g/mol. The third-order valence-electron chi connectivity index (χ3n) is 2.57. The molecule has 2 N–H and O–H groups in total. The number of aromatic amines is 1. The van der Waals surface area contributed by atoms with Gasteiger partial charge in [-0.25, -0.2) is 4.98 Å². The second kappa shape index (κ2) is 11.2. The van der Waals surface area contributed by atoms with Gasteiger partial charge in [0.25, 0.3) is 0 Å². The zero-order valence-electron chi connectivity index (χ0n) is 10.9. The predicted octanol–water partition coefficient (Wildman–Crippen LogP) is 3.48. The van der Waals surface area contributed by atoms with Crippen molar-refractivity contribution < 1.29 is 9.90 Å². The minimum absolute atomic E-state index is 0.0927. The van der Waals surface area contributed by atoms with E-state index in [-0.39, 0.29) is 5.92 Å². The molecule has 0 spiro atoms. The van der Waals surface area contributed by atoms with Gasteiger partial charge in [0.2, 0.25) is 0 Å². The molecule has 0 saturated heterocycles. The average molecular weight is 240 g/mol. The van der Waals surface area contributed by atoms with Gasteiger partial charge in [-0.05, 0) is 12.8 Å². The second-order valence-corrected chi connectivity index (χ2v) is 4.08. The zero-order valence-corrected chi connectivity index (χ0v) is 10.9. The highest BCUT2D eigenvalue weighted by Crippen LogP contribution is 2.15. The quantitative estimate of drug-likeness (QED) is 0.766. The number of H-pyrrole nitrogens is 1. The summed E-state index contributed by atoms with van der Waals surface area (Å²) in [5.74, 6) is -0.707. The maximum absolute atomic E-state index is 10.7. The molecule has 17 heavy (non-hydrogen) atoms. The van der Waals surface area contributed by atoms with Gasteiger partial charge in [-0.15, -0.1) is 0 Å². The van der Waals surface area contributed by atoms with Gasteiger partial charge >= 0.3 is 5.97 Å². The molecule has 0 bridgehead atoms. The van der Waals surface area contributed by atoms with Crippen LogP contribution in [0.3, 0.4) is 0 Å². The first kappa shape index (κ1) is 15.7. The monoisotopic (exact) mass is 240 g/mol. The first-order chi connectivity index (χ1) is 8.22. The van der Waals surface area contributed by atoms with Gasteiger partial charge in [-0.3, -0.25) is 4.79 Å². The van der Waals surface area contributed by atoms with E-state index in [4.69, 9.17) is 5.11 Å². The number of imidazole rings is 1. The number of nitrogens with zero attached hydrogens (tertiary/aromatic N) is 1. The molecule has 0 radical (unpaired) electrons. The van der Waals surface area contributed by atoms with Gasteiger partial charge in [-0.2, -0.15) is 0 Å². The Kier molecular flexibility index (Phi) is 10.3. The molecule has 0 aromatic carbocycles. The van der Waals surface area contributed by atoms with E-state index >= 15 is 0 Å². The molecule has 0 amide bonds. The highest BCUT2D eigenvalue weighted by atomic mass is 16.4. The van der Waals surface area contributed by atoms with Crippen molar-refractivity contribution in [1.29, 1.82) is 0 Å². The summed E-state index contributed by atoms with van der Waals surface area (Å²) in [7, 11) is 0. The zero-order chi connectivity index (χ0) is 12.9. The number of aliphatic carboxylic acids is 1. The summed E-state index contributed by atoms with van der Waals surface area (Å²) in [6.45, 7) is 4.19. The fourth-order valence-electron chi connectivity index (χ4n) is 1.51. The van der Waals surface area contributed by atoms with Crippen LogP contribution < -0.4 is 0 Å². The number of carbonyl (C=O) groups is 1. The highest BCUT2D eigenvalue weighted by Gasteiger charge is 2.15. The molecule has 0 aliphatic rings. The minimum atomic E-state index is -0.614. The number of unbranched alkanes of at least 4 members (excludes halogenated alkanes) is 2. The van der Waals surface area contributed by atoms with E-state index < -0.39 is 5.97 Å². The highest BCUT2D eigenvalue weighted by molar-refractivity contribution is 5.69. The van der Waals surface area contributed by atoms with E-state index in [1.54, 1.807) is 18.7 Å². The van der Waals surface area contributed by atoms with Crippen LogP contribution in [0.2, 0.25) is 0 Å². The van der Waals surface area contributed by atoms with E-state index in [9.17, 15) is 4.79 Å². The Hall–Kier alpha value is -1.32. The van der Waals surface area contributed by atoms with Gasteiger partial charge in [-0.1, -0.05) is 39.5 Å². The Morgan fingerprint density at radius 1 is 1.29 bits per heavy atom. The number of carboxylic acid groups (broad SMARTS) is 1. The molecule has 0 unspecified atom stereocenters. The van der Waals surface area contributed by atoms with Gasteiger partial charge < -0.3 is 10.1 Å². The molecule has 1 aromatic heterocycles. The number of rotatable bonds is 7. The van der Waals surface area contributed by atoms with Gasteiger partial charge in [0.1, 0.15) is 0 Å². The van der Waals surface area contributed by atoms with Crippen molar-refractivity contribution in [3.8, 4) is 0 Å². The van der Waals surface area contributed by atoms with Crippen molar-refractivity contribution in [3.05, 3.63) is 18.7 Å². The maximum atomic E-state index is 10.7. The topological polar surface area (TPSA) is 66.0 Å². The van der Waals surface area contributed by atoms with E-state index in [1.165, 1.54) is 0 Å². The van der Waals surface area contributed by atoms with Crippen LogP contribution in [0, 0.1) is 5.92 Å². The molecule has 1 heterocycles. The van der Waals surface area contributed by atoms with Crippen LogP contribution in [0.25, 0.3) is 0 Å². The molecule has 0 atom stereocenters. The third kappa shape index (κ3) is 9.60. The maximum Gasteiger partial charge on any atom is 0.306 e. The SMILES string of the molecule is CCCCC(CCCC)C(=O)O.c1c[nH]cn1. The number of carboxylic acids is 1. The number of hydrogen-bond acceptors (Lipinski definition) is 2. The Balaban J connectivity index is 0.000000419. The van der Waals surface area contributed by atoms with Gasteiger partial charge in [0.15, 0.2) is 0 Å². The summed E-state index contributed by atoms with van der Waals surface area (Å²) in [4.78, 5) is 17.1. The molecule has 0 aliphatic heterocycles. The van der Waals surface area contributed by atoms with Crippen LogP contribution >= 0.6 is 0 Å². The first-order valence-electron chi connectivity index (χ1n) is 6.37. The third-order valence-corrected chi connectivity index (χ3v) is 2.57. The second-order valence-electron chi connectivity index (χ2n) is 4.08. The summed E-state index contributed by atoms with van der Waals surface area (Å²) in [5.41, 5.74) is 0. The molecule has 1 rings (SSSR count). The molecular formula is C13H24N2O2. The number of aromatic nitrogens is 2. The Morgan fingerprint density at radius 2 is 1.88 bits per heavy atom. The minimum Gasteiger partial charge on any atom is -0.481 e. The lowest BCUT2D eigenvalue weighted by molar-refractivity contribution is -0.142. The fourth-order valence-corrected chi connectivity index (χ4v) is 1.51. The first-order valence-corrected chi connectivity index (χ1v) is 6.37. The van der Waals surface area contributed by atoms with Gasteiger partial charge in [0.05, 0.1) is 12.2 Å². The van der Waals surface area contributed by atoms with E-state index in [1.807, 2.05) is 0 Å². The van der Waals surface area contributed by atoms with E-state index in [2.05, 4.69) is 23.8 Å². The smallest absolute Gasteiger partial charge is 0.306 e. The van der Waals surface area contributed by atoms with Gasteiger partial charge in [0, 0.05) is 12.4 Å². The number of hydrogen-bond donors (Lipinski definition) is 2. The summed E-state index contributed by atoms with van der Waals surface area (Å²) >= 11 is 0. The van der Waals surface area contributed by atoms with Crippen molar-refractivity contribution in [2.75, 3.05) is 0 Å². The summed E-state index contributed by atoms with van der Waals surface area (Å²) < 4.78 is 0. The lowest BCUT2D eigenvalue weighted by atomic mass is 9.96. The van der Waals surface area contributed by atoms with Crippen molar-refractivity contribution >= 4 is 5.97 Å². The average Bonchev–Trinajstić information content (AvgIpc) is 2.87. The molecule has 0 aliphatic carbocycles. The Bertz CT molecular complexity index is 235. The van der Waals surface area contributed by atoms with Crippen LogP contribution in [0.5, 0.6) is 0 Å². The van der Waals surface area contributed by atoms with Crippen LogP contribution in [-0.2, 0) is 4.79 Å². The Morgan fingerprint density at radius 3 is 2.12 bits per heavy atom. The van der Waals surface area contributed by atoms with E-state index in [0.29, 0.717) is 0 Å². The normalized spacial score (nSPS) is 9.82. The largest absolute Gasteiger partial charge is 0.481 e. The molecule has 98 valence electrons. The van der Waals surface area contributed by atoms with Crippen molar-refractivity contribution in [1.82, 2.24) is 9.97 Å². The summed E-state index contributed by atoms with van der Waals surface area (Å²) in [6, 6.07) is 0. The van der Waals surface area contributed by atoms with Crippen LogP contribution in [-0.4, -0.2) is 21.0 Å². The molecule has 4 nitrogen and oxygen atoms in total. The summed E-state index contributed by atoms with van der Waals surface area (Å²) in [5, 5.41) is 8.83. The Labute approximate surface area is 103 Å². The van der Waals surface area contributed by atoms with Crippen molar-refractivity contribution in [2.24, 2.45) is 5.92 Å². The fraction of sp³-hybridized carbons (Fsp3) is 0.692. The van der Waals surface area contributed by atoms with Crippen molar-refractivity contribution in [3.63, 3.8) is 0 Å². The van der Waals surface area contributed by atoms with Crippen LogP contribution in [0.15, 0.2) is 18.7 Å². The lowest BCUT2D eigenvalue weighted by Gasteiger charge is -2.10. The molecule has 1 aromatic rings. The van der Waals surface area contributed by atoms with Crippen LogP contribution in [0.1, 0.15) is 52.4 Å². The molecule has 4 heteroatoms. The lowest BCUT2D eigenvalue weighted by Crippen LogP contribution is -2.13. The van der Waals surface area contributed by atoms with E-state index in [0.717, 1.165) is 38.5 Å². The van der Waals surface area contributed by atoms with Crippen LogP contribution in [0.4, 0.5) is 0 Å². The molecule has 0 fully saturated rings. The number of nitrogens with one attached hydrogen (secondary N) is 1. The summed E-state index contributed by atoms with van der Waals surface area (Å²) in [6.07, 6.45) is 11.1.